The van der Waals surface area contributed by atoms with Crippen LogP contribution >= 0.6 is 22.6 Å². The quantitative estimate of drug-likeness (QED) is 0.317. The molecule has 0 spiro atoms. The van der Waals surface area contributed by atoms with Crippen molar-refractivity contribution < 1.29 is 22.8 Å². The molecule has 0 aliphatic heterocycles. The van der Waals surface area contributed by atoms with Gasteiger partial charge in [0.1, 0.15) is 0 Å². The van der Waals surface area contributed by atoms with Crippen molar-refractivity contribution in [2.75, 3.05) is 5.32 Å². The summed E-state index contributed by atoms with van der Waals surface area (Å²) in [6, 6.07) is 13.9. The maximum absolute atomic E-state index is 12.9. The standard InChI is InChI=1S/C24H18F3IN6O3/c1-13-11-14(5-10-19(13)30-22(36)20-17(21(29)35)3-2-4-18(20)28)12-33-23(37)34(32-31-33)16-8-6-15(7-9-16)24(25,26)27/h2-11H,12H2,1H3,(H2,29,35)(H,30,36). The fraction of sp³-hybridized carbons (Fsp3) is 0.125. The molecule has 2 amide bonds. The molecule has 1 heterocycles. The lowest BCUT2D eigenvalue weighted by Crippen LogP contribution is -2.25. The highest BCUT2D eigenvalue weighted by Gasteiger charge is 2.30. The van der Waals surface area contributed by atoms with Gasteiger partial charge in [-0.25, -0.2) is 4.79 Å². The zero-order chi connectivity index (χ0) is 26.9. The number of carbonyl (C=O) groups excluding carboxylic acids is 2. The molecule has 13 heteroatoms. The number of nitrogens with two attached hydrogens (primary N) is 1. The number of tetrazole rings is 1. The largest absolute Gasteiger partial charge is 0.416 e. The maximum atomic E-state index is 12.9. The lowest BCUT2D eigenvalue weighted by molar-refractivity contribution is -0.137. The molecular weight excluding hydrogens is 604 g/mol. The van der Waals surface area contributed by atoms with Gasteiger partial charge in [-0.15, -0.1) is 0 Å². The van der Waals surface area contributed by atoms with E-state index in [0.717, 1.165) is 33.6 Å². The number of rotatable bonds is 6. The first-order valence-corrected chi connectivity index (χ1v) is 11.7. The lowest BCUT2D eigenvalue weighted by Gasteiger charge is -2.13. The molecule has 0 unspecified atom stereocenters. The summed E-state index contributed by atoms with van der Waals surface area (Å²) in [4.78, 5) is 37.3. The van der Waals surface area contributed by atoms with Gasteiger partial charge in [-0.1, -0.05) is 18.2 Å². The normalized spacial score (nSPS) is 11.4. The second-order valence-corrected chi connectivity index (χ2v) is 9.17. The van der Waals surface area contributed by atoms with Crippen LogP contribution in [0.1, 0.15) is 37.4 Å². The number of amides is 2. The number of hydrogen-bond donors (Lipinski definition) is 2. The summed E-state index contributed by atoms with van der Waals surface area (Å²) in [5.74, 6) is -1.21. The minimum Gasteiger partial charge on any atom is -0.366 e. The van der Waals surface area contributed by atoms with Crippen LogP contribution in [0.15, 0.2) is 65.5 Å². The molecule has 0 fully saturated rings. The zero-order valence-corrected chi connectivity index (χ0v) is 21.2. The molecule has 1 aromatic heterocycles. The highest BCUT2D eigenvalue weighted by molar-refractivity contribution is 14.1. The molecule has 0 saturated carbocycles. The number of primary amides is 1. The van der Waals surface area contributed by atoms with Crippen LogP contribution in [0.2, 0.25) is 0 Å². The number of hydrogen-bond acceptors (Lipinski definition) is 5. The highest BCUT2D eigenvalue weighted by Crippen LogP contribution is 2.29. The first-order valence-electron chi connectivity index (χ1n) is 10.7. The average Bonchev–Trinajstić information content (AvgIpc) is 3.19. The molecule has 190 valence electrons. The minimum absolute atomic E-state index is 0.0386. The van der Waals surface area contributed by atoms with Crippen LogP contribution in [0.5, 0.6) is 0 Å². The van der Waals surface area contributed by atoms with Gasteiger partial charge in [-0.2, -0.15) is 22.5 Å². The highest BCUT2D eigenvalue weighted by atomic mass is 127. The van der Waals surface area contributed by atoms with Crippen molar-refractivity contribution in [3.63, 3.8) is 0 Å². The van der Waals surface area contributed by atoms with Gasteiger partial charge in [0.2, 0.25) is 5.91 Å². The number of nitrogens with one attached hydrogen (secondary N) is 1. The Bertz CT molecular complexity index is 1560. The number of aryl methyl sites for hydroxylation is 1. The number of benzene rings is 3. The molecule has 4 aromatic rings. The van der Waals surface area contributed by atoms with E-state index in [2.05, 4.69) is 15.7 Å². The van der Waals surface area contributed by atoms with Crippen molar-refractivity contribution >= 4 is 40.1 Å². The van der Waals surface area contributed by atoms with Crippen molar-refractivity contribution in [3.05, 3.63) is 103 Å². The van der Waals surface area contributed by atoms with E-state index >= 15 is 0 Å². The third-order valence-corrected chi connectivity index (χ3v) is 6.36. The summed E-state index contributed by atoms with van der Waals surface area (Å²) in [7, 11) is 0. The van der Waals surface area contributed by atoms with Gasteiger partial charge in [-0.3, -0.25) is 9.59 Å². The summed E-state index contributed by atoms with van der Waals surface area (Å²) < 4.78 is 40.9. The molecule has 3 N–H and O–H groups in total. The van der Waals surface area contributed by atoms with E-state index in [4.69, 9.17) is 5.73 Å². The van der Waals surface area contributed by atoms with Crippen LogP contribution in [0.4, 0.5) is 18.9 Å². The van der Waals surface area contributed by atoms with Gasteiger partial charge in [0.25, 0.3) is 5.91 Å². The molecule has 0 radical (unpaired) electrons. The van der Waals surface area contributed by atoms with E-state index in [-0.39, 0.29) is 23.4 Å². The van der Waals surface area contributed by atoms with E-state index in [1.54, 1.807) is 37.3 Å². The molecule has 4 rings (SSSR count). The first-order chi connectivity index (χ1) is 17.5. The van der Waals surface area contributed by atoms with E-state index in [0.29, 0.717) is 20.4 Å². The third-order valence-electron chi connectivity index (χ3n) is 5.46. The minimum atomic E-state index is -4.49. The number of halogens is 4. The van der Waals surface area contributed by atoms with E-state index in [1.807, 2.05) is 22.6 Å². The van der Waals surface area contributed by atoms with Gasteiger partial charge in [0.15, 0.2) is 0 Å². The van der Waals surface area contributed by atoms with E-state index < -0.39 is 29.2 Å². The number of nitrogens with zero attached hydrogens (tertiary/aromatic N) is 4. The third kappa shape index (κ3) is 5.55. The van der Waals surface area contributed by atoms with Crippen molar-refractivity contribution in [2.45, 2.75) is 19.6 Å². The van der Waals surface area contributed by atoms with Gasteiger partial charge < -0.3 is 11.1 Å². The van der Waals surface area contributed by atoms with Crippen molar-refractivity contribution in [3.8, 4) is 5.69 Å². The van der Waals surface area contributed by atoms with Crippen LogP contribution in [0, 0.1) is 10.5 Å². The molecule has 0 aliphatic carbocycles. The van der Waals surface area contributed by atoms with Gasteiger partial charge >= 0.3 is 11.9 Å². The Morgan fingerprint density at radius 3 is 2.38 bits per heavy atom. The number of anilines is 1. The fourth-order valence-corrected chi connectivity index (χ4v) is 4.35. The smallest absolute Gasteiger partial charge is 0.366 e. The van der Waals surface area contributed by atoms with Gasteiger partial charge in [-0.05, 0) is 93.5 Å². The predicted molar refractivity (Wildman–Crippen MR) is 137 cm³/mol. The second kappa shape index (κ2) is 10.2. The fourth-order valence-electron chi connectivity index (χ4n) is 3.61. The summed E-state index contributed by atoms with van der Waals surface area (Å²) in [6.45, 7) is 1.79. The Hall–Kier alpha value is -4.01. The van der Waals surface area contributed by atoms with Crippen LogP contribution in [-0.2, 0) is 12.7 Å². The molecule has 0 aliphatic rings. The van der Waals surface area contributed by atoms with Gasteiger partial charge in [0.05, 0.1) is 28.9 Å². The van der Waals surface area contributed by atoms with Crippen LogP contribution in [-0.4, -0.2) is 31.6 Å². The Morgan fingerprint density at radius 2 is 1.76 bits per heavy atom. The van der Waals surface area contributed by atoms with Crippen molar-refractivity contribution in [1.82, 2.24) is 19.8 Å². The molecule has 9 nitrogen and oxygen atoms in total. The molecule has 37 heavy (non-hydrogen) atoms. The van der Waals surface area contributed by atoms with Crippen LogP contribution < -0.4 is 16.7 Å². The molecule has 0 atom stereocenters. The number of alkyl halides is 3. The number of carbonyl (C=O) groups is 2. The van der Waals surface area contributed by atoms with Crippen LogP contribution in [0.3, 0.4) is 0 Å². The summed E-state index contributed by atoms with van der Waals surface area (Å²) in [6.07, 6.45) is -4.49. The summed E-state index contributed by atoms with van der Waals surface area (Å²) in [5, 5.41) is 10.3. The Balaban J connectivity index is 1.52. The van der Waals surface area contributed by atoms with Crippen LogP contribution in [0.25, 0.3) is 5.69 Å². The SMILES string of the molecule is Cc1cc(Cn2nnn(-c3ccc(C(F)(F)F)cc3)c2=O)ccc1NC(=O)c1c(I)cccc1C(N)=O. The Morgan fingerprint density at radius 1 is 1.05 bits per heavy atom. The van der Waals surface area contributed by atoms with Crippen molar-refractivity contribution in [1.29, 1.82) is 0 Å². The maximum Gasteiger partial charge on any atom is 0.416 e. The molecule has 3 aromatic carbocycles. The molecular formula is C24H18F3IN6O3. The summed E-state index contributed by atoms with van der Waals surface area (Å²) >= 11 is 1.95. The first kappa shape index (κ1) is 26.1. The lowest BCUT2D eigenvalue weighted by atomic mass is 10.1. The molecule has 0 bridgehead atoms. The van der Waals surface area contributed by atoms with Gasteiger partial charge in [0, 0.05) is 9.26 Å². The van der Waals surface area contributed by atoms with E-state index in [9.17, 15) is 27.6 Å². The Labute approximate surface area is 221 Å². The molecule has 0 saturated heterocycles. The predicted octanol–water partition coefficient (Wildman–Crippen LogP) is 3.76. The number of aromatic nitrogens is 4. The topological polar surface area (TPSA) is 125 Å². The summed E-state index contributed by atoms with van der Waals surface area (Å²) in [5.41, 5.74) is 6.19. The zero-order valence-electron chi connectivity index (χ0n) is 19.1. The Kier molecular flexibility index (Phi) is 7.16. The second-order valence-electron chi connectivity index (χ2n) is 8.01. The average molecular weight is 622 g/mol. The van der Waals surface area contributed by atoms with E-state index in [1.165, 1.54) is 6.07 Å². The monoisotopic (exact) mass is 622 g/mol. The van der Waals surface area contributed by atoms with Crippen molar-refractivity contribution in [2.24, 2.45) is 5.73 Å².